The molecule has 0 aliphatic carbocycles. The Morgan fingerprint density at radius 1 is 0.643 bits per heavy atom. The summed E-state index contributed by atoms with van der Waals surface area (Å²) in [4.78, 5) is 49.7. The number of carbonyl (C=O) groups is 3. The maximum Gasteiger partial charge on any atom is 0.407 e. The molecule has 56 heavy (non-hydrogen) atoms. The van der Waals surface area contributed by atoms with E-state index in [1.807, 2.05) is 109 Å². The number of phenols is 1. The molecule has 6 rings (SSSR count). The molecule has 0 radical (unpaired) electrons. The topological polar surface area (TPSA) is 159 Å². The quantitative estimate of drug-likeness (QED) is 0.0459. The molecule has 282 valence electrons. The molecule has 6 aromatic rings. The van der Waals surface area contributed by atoms with Crippen LogP contribution in [-0.2, 0) is 23.8 Å². The number of amides is 1. The summed E-state index contributed by atoms with van der Waals surface area (Å²) in [7, 11) is 0. The summed E-state index contributed by atoms with van der Waals surface area (Å²) in [6, 6.07) is 40.5. The van der Waals surface area contributed by atoms with Crippen molar-refractivity contribution in [3.63, 3.8) is 0 Å². The Morgan fingerprint density at radius 2 is 1.14 bits per heavy atom. The van der Waals surface area contributed by atoms with Gasteiger partial charge in [0.05, 0.1) is 12.1 Å². The van der Waals surface area contributed by atoms with E-state index in [2.05, 4.69) is 11.9 Å². The van der Waals surface area contributed by atoms with Gasteiger partial charge < -0.3 is 29.4 Å². The number of aromatic hydroxyl groups is 1. The predicted octanol–water partition coefficient (Wildman–Crippen LogP) is 7.68. The summed E-state index contributed by atoms with van der Waals surface area (Å²) in [5.74, 6) is -0.218. The SMILES string of the molecule is C=CC(=O)OCCNC(=O)OCCOC(=O)C(C)Oc1ccc(-c2nc(-c3ccc(-c4ccccc4)cc3)nc(-c3ccc(-c4ccccc4)cc3)n2)c(O)c1. The number of nitrogens with zero attached hydrogens (tertiary/aromatic N) is 3. The Kier molecular flexibility index (Phi) is 12.8. The lowest BCUT2D eigenvalue weighted by Gasteiger charge is -2.15. The van der Waals surface area contributed by atoms with E-state index >= 15 is 0 Å². The predicted molar refractivity (Wildman–Crippen MR) is 210 cm³/mol. The number of phenolic OH excluding ortho intramolecular Hbond substituents is 1. The van der Waals surface area contributed by atoms with Crippen LogP contribution < -0.4 is 10.1 Å². The first-order valence-electron chi connectivity index (χ1n) is 17.7. The van der Waals surface area contributed by atoms with Crippen molar-refractivity contribution >= 4 is 18.0 Å². The van der Waals surface area contributed by atoms with Crippen molar-refractivity contribution in [3.05, 3.63) is 140 Å². The molecular formula is C44H38N4O8. The van der Waals surface area contributed by atoms with Crippen LogP contribution in [0.2, 0.25) is 0 Å². The fourth-order valence-corrected chi connectivity index (χ4v) is 5.47. The third-order valence-corrected chi connectivity index (χ3v) is 8.33. The van der Waals surface area contributed by atoms with Crippen molar-refractivity contribution in [2.24, 2.45) is 0 Å². The molecule has 1 unspecified atom stereocenters. The van der Waals surface area contributed by atoms with Crippen LogP contribution in [0.4, 0.5) is 4.79 Å². The van der Waals surface area contributed by atoms with E-state index in [1.165, 1.54) is 13.0 Å². The minimum Gasteiger partial charge on any atom is -0.507 e. The average Bonchev–Trinajstić information content (AvgIpc) is 3.24. The number of alkyl carbamates (subject to hydrolysis) is 1. The van der Waals surface area contributed by atoms with Gasteiger partial charge in [-0.3, -0.25) is 0 Å². The molecule has 2 N–H and O–H groups in total. The second kappa shape index (κ2) is 18.6. The second-order valence-corrected chi connectivity index (χ2v) is 12.2. The standard InChI is InChI=1S/C44H38N4O8/c1-3-39(50)53-25-24-45-44(52)55-27-26-54-43(51)29(2)56-36-22-23-37(38(49)28-36)42-47-40(34-18-14-32(15-19-34)30-10-6-4-7-11-30)46-41(48-42)35-20-16-33(17-21-35)31-12-8-5-9-13-31/h3-23,28-29,49H,1,24-27H2,2H3,(H,45,52). The van der Waals surface area contributed by atoms with E-state index in [0.29, 0.717) is 17.2 Å². The molecule has 0 aliphatic heterocycles. The third kappa shape index (κ3) is 10.2. The molecular weight excluding hydrogens is 713 g/mol. The number of hydrogen-bond acceptors (Lipinski definition) is 11. The number of benzene rings is 5. The number of hydrogen-bond donors (Lipinski definition) is 2. The van der Waals surface area contributed by atoms with E-state index in [1.54, 1.807) is 12.1 Å². The summed E-state index contributed by atoms with van der Waals surface area (Å²) in [5.41, 5.74) is 6.12. The molecule has 1 aromatic heterocycles. The first kappa shape index (κ1) is 38.4. The number of aromatic nitrogens is 3. The number of nitrogens with one attached hydrogen (secondary N) is 1. The largest absolute Gasteiger partial charge is 0.507 e. The number of ether oxygens (including phenoxy) is 4. The van der Waals surface area contributed by atoms with Gasteiger partial charge in [0.25, 0.3) is 0 Å². The third-order valence-electron chi connectivity index (χ3n) is 8.33. The average molecular weight is 751 g/mol. The minimum absolute atomic E-state index is 0.0380. The maximum atomic E-state index is 12.6. The molecule has 0 saturated carbocycles. The number of carbonyl (C=O) groups excluding carboxylic acids is 3. The molecule has 1 amide bonds. The van der Waals surface area contributed by atoms with Crippen LogP contribution >= 0.6 is 0 Å². The molecule has 0 bridgehead atoms. The lowest BCUT2D eigenvalue weighted by Crippen LogP contribution is -2.31. The van der Waals surface area contributed by atoms with Gasteiger partial charge in [-0.05, 0) is 41.3 Å². The van der Waals surface area contributed by atoms with Crippen LogP contribution in [0.5, 0.6) is 11.5 Å². The maximum absolute atomic E-state index is 12.6. The molecule has 0 aliphatic rings. The first-order valence-corrected chi connectivity index (χ1v) is 17.7. The van der Waals surface area contributed by atoms with Crippen LogP contribution in [0.25, 0.3) is 56.4 Å². The van der Waals surface area contributed by atoms with Gasteiger partial charge in [-0.1, -0.05) is 116 Å². The molecule has 0 saturated heterocycles. The molecule has 12 heteroatoms. The molecule has 5 aromatic carbocycles. The van der Waals surface area contributed by atoms with E-state index in [9.17, 15) is 19.5 Å². The molecule has 0 fully saturated rings. The van der Waals surface area contributed by atoms with Gasteiger partial charge in [-0.15, -0.1) is 0 Å². The highest BCUT2D eigenvalue weighted by Crippen LogP contribution is 2.34. The van der Waals surface area contributed by atoms with Crippen molar-refractivity contribution in [3.8, 4) is 67.9 Å². The van der Waals surface area contributed by atoms with Crippen molar-refractivity contribution in [1.29, 1.82) is 0 Å². The fraction of sp³-hybridized carbons (Fsp3) is 0.136. The zero-order chi connectivity index (χ0) is 39.3. The summed E-state index contributed by atoms with van der Waals surface area (Å²) in [6.07, 6.45) is -0.811. The summed E-state index contributed by atoms with van der Waals surface area (Å²) >= 11 is 0. The van der Waals surface area contributed by atoms with Crippen LogP contribution in [0.3, 0.4) is 0 Å². The summed E-state index contributed by atoms with van der Waals surface area (Å²) in [5, 5.41) is 13.6. The Balaban J connectivity index is 1.15. The smallest absolute Gasteiger partial charge is 0.407 e. The zero-order valence-corrected chi connectivity index (χ0v) is 30.5. The molecule has 12 nitrogen and oxygen atoms in total. The Morgan fingerprint density at radius 3 is 1.68 bits per heavy atom. The van der Waals surface area contributed by atoms with Gasteiger partial charge in [-0.25, -0.2) is 29.3 Å². The van der Waals surface area contributed by atoms with Gasteiger partial charge >= 0.3 is 18.0 Å². The van der Waals surface area contributed by atoms with Gasteiger partial charge in [0, 0.05) is 23.3 Å². The van der Waals surface area contributed by atoms with Crippen LogP contribution in [0, 0.1) is 0 Å². The second-order valence-electron chi connectivity index (χ2n) is 12.2. The molecule has 1 heterocycles. The number of rotatable bonds is 15. The van der Waals surface area contributed by atoms with Crippen molar-refractivity contribution in [2.75, 3.05) is 26.4 Å². The molecule has 0 spiro atoms. The highest BCUT2D eigenvalue weighted by atomic mass is 16.6. The Labute approximate surface area is 323 Å². The lowest BCUT2D eigenvalue weighted by atomic mass is 10.0. The minimum atomic E-state index is -1.05. The Bertz CT molecular complexity index is 2180. The van der Waals surface area contributed by atoms with Crippen LogP contribution in [0.1, 0.15) is 6.92 Å². The van der Waals surface area contributed by atoms with Crippen LogP contribution in [-0.4, -0.2) is 70.6 Å². The first-order chi connectivity index (χ1) is 27.3. The van der Waals surface area contributed by atoms with Gasteiger partial charge in [0.2, 0.25) is 0 Å². The highest BCUT2D eigenvalue weighted by molar-refractivity contribution is 5.81. The van der Waals surface area contributed by atoms with Crippen molar-refractivity contribution < 1.29 is 38.4 Å². The van der Waals surface area contributed by atoms with Crippen LogP contribution in [0.15, 0.2) is 140 Å². The van der Waals surface area contributed by atoms with Gasteiger partial charge in [0.1, 0.15) is 31.3 Å². The van der Waals surface area contributed by atoms with Crippen molar-refractivity contribution in [1.82, 2.24) is 20.3 Å². The fourth-order valence-electron chi connectivity index (χ4n) is 5.47. The highest BCUT2D eigenvalue weighted by Gasteiger charge is 2.20. The monoisotopic (exact) mass is 750 g/mol. The van der Waals surface area contributed by atoms with E-state index in [4.69, 9.17) is 33.9 Å². The van der Waals surface area contributed by atoms with Crippen molar-refractivity contribution in [2.45, 2.75) is 13.0 Å². The number of esters is 2. The molecule has 1 atom stereocenters. The van der Waals surface area contributed by atoms with Gasteiger partial charge in [-0.2, -0.15) is 0 Å². The van der Waals surface area contributed by atoms with Gasteiger partial charge in [0.15, 0.2) is 23.6 Å². The van der Waals surface area contributed by atoms with E-state index < -0.39 is 24.1 Å². The summed E-state index contributed by atoms with van der Waals surface area (Å²) < 4.78 is 20.6. The summed E-state index contributed by atoms with van der Waals surface area (Å²) in [6.45, 7) is 4.32. The van der Waals surface area contributed by atoms with E-state index in [-0.39, 0.29) is 43.7 Å². The normalized spacial score (nSPS) is 11.2. The Hall–Kier alpha value is -7.34. The van der Waals surface area contributed by atoms with E-state index in [0.717, 1.165) is 39.5 Å². The lowest BCUT2D eigenvalue weighted by molar-refractivity contribution is -0.152. The zero-order valence-electron chi connectivity index (χ0n) is 30.5.